The monoisotopic (exact) mass is 199 g/mol. The first-order chi connectivity index (χ1) is 6.18. The molecule has 0 aromatic heterocycles. The highest BCUT2D eigenvalue weighted by Gasteiger charge is 2.39. The molecule has 70 valence electrons. The summed E-state index contributed by atoms with van der Waals surface area (Å²) >= 11 is 5.73. The van der Waals surface area contributed by atoms with Gasteiger partial charge in [-0.05, 0) is 24.1 Å². The lowest BCUT2D eigenvalue weighted by Gasteiger charge is -2.37. The summed E-state index contributed by atoms with van der Waals surface area (Å²) in [6.07, 6.45) is -0.302. The van der Waals surface area contributed by atoms with Crippen molar-refractivity contribution in [3.05, 3.63) is 34.9 Å². The Morgan fingerprint density at radius 1 is 1.31 bits per heavy atom. The van der Waals surface area contributed by atoms with Gasteiger partial charge in [0, 0.05) is 17.0 Å². The van der Waals surface area contributed by atoms with Gasteiger partial charge in [0.25, 0.3) is 0 Å². The molecule has 0 heterocycles. The predicted molar refractivity (Wildman–Crippen MR) is 51.7 cm³/mol. The Balaban J connectivity index is 2.21. The number of nitrogens with two attached hydrogens (primary N) is 1. The zero-order valence-corrected chi connectivity index (χ0v) is 7.84. The maximum Gasteiger partial charge on any atom is 0.110 e. The lowest BCUT2D eigenvalue weighted by Crippen LogP contribution is -2.46. The van der Waals surface area contributed by atoms with E-state index in [1.807, 2.05) is 12.1 Å². The molecule has 0 amide bonds. The average molecular weight is 200 g/mol. The largest absolute Gasteiger partial charge is 0.327 e. The van der Waals surface area contributed by atoms with Crippen LogP contribution in [0.2, 0.25) is 5.02 Å². The average Bonchev–Trinajstić information content (AvgIpc) is 2.09. The minimum atomic E-state index is -0.781. The molecule has 0 unspecified atom stereocenters. The molecular formula is C10H11ClFN. The van der Waals surface area contributed by atoms with Gasteiger partial charge in [-0.15, -0.1) is 0 Å². The molecule has 2 rings (SSSR count). The van der Waals surface area contributed by atoms with E-state index in [1.165, 1.54) is 0 Å². The Hall–Kier alpha value is -0.600. The molecule has 1 aliphatic carbocycles. The summed E-state index contributed by atoms with van der Waals surface area (Å²) in [5.74, 6) is -0.128. The topological polar surface area (TPSA) is 26.0 Å². The molecule has 0 saturated heterocycles. The van der Waals surface area contributed by atoms with Crippen molar-refractivity contribution >= 4 is 11.6 Å². The molecule has 0 aliphatic heterocycles. The van der Waals surface area contributed by atoms with E-state index in [1.54, 1.807) is 12.1 Å². The van der Waals surface area contributed by atoms with Gasteiger partial charge < -0.3 is 5.73 Å². The second-order valence-electron chi connectivity index (χ2n) is 3.49. The number of alkyl halides is 1. The molecule has 0 spiro atoms. The van der Waals surface area contributed by atoms with Crippen LogP contribution in [0.1, 0.15) is 17.9 Å². The number of halogens is 2. The van der Waals surface area contributed by atoms with Crippen LogP contribution in [0.25, 0.3) is 0 Å². The number of rotatable bonds is 1. The van der Waals surface area contributed by atoms with E-state index in [0.29, 0.717) is 11.4 Å². The van der Waals surface area contributed by atoms with E-state index in [2.05, 4.69) is 0 Å². The van der Waals surface area contributed by atoms with Gasteiger partial charge in [0.05, 0.1) is 0 Å². The van der Waals surface area contributed by atoms with Crippen molar-refractivity contribution in [3.8, 4) is 0 Å². The summed E-state index contributed by atoms with van der Waals surface area (Å²) in [6, 6.07) is 7.21. The van der Waals surface area contributed by atoms with E-state index in [-0.39, 0.29) is 12.0 Å². The smallest absolute Gasteiger partial charge is 0.110 e. The van der Waals surface area contributed by atoms with Crippen molar-refractivity contribution in [3.63, 3.8) is 0 Å². The molecular weight excluding hydrogens is 189 g/mol. The Labute approximate surface area is 81.7 Å². The summed E-state index contributed by atoms with van der Waals surface area (Å²) in [4.78, 5) is 0. The maximum absolute atomic E-state index is 13.1. The van der Waals surface area contributed by atoms with Crippen molar-refractivity contribution in [2.75, 3.05) is 0 Å². The van der Waals surface area contributed by atoms with Gasteiger partial charge in [0.2, 0.25) is 0 Å². The molecule has 3 atom stereocenters. The number of hydrogen-bond donors (Lipinski definition) is 1. The fraction of sp³-hybridized carbons (Fsp3) is 0.400. The molecule has 3 heteroatoms. The van der Waals surface area contributed by atoms with Crippen LogP contribution < -0.4 is 5.73 Å². The number of hydrogen-bond acceptors (Lipinski definition) is 1. The van der Waals surface area contributed by atoms with Crippen LogP contribution in [0.5, 0.6) is 0 Å². The summed E-state index contributed by atoms with van der Waals surface area (Å²) in [6.45, 7) is 0. The zero-order chi connectivity index (χ0) is 9.42. The molecule has 0 bridgehead atoms. The molecule has 1 saturated carbocycles. The molecule has 0 radical (unpaired) electrons. The Morgan fingerprint density at radius 2 is 1.92 bits per heavy atom. The zero-order valence-electron chi connectivity index (χ0n) is 7.08. The van der Waals surface area contributed by atoms with Crippen LogP contribution in [0, 0.1) is 0 Å². The lowest BCUT2D eigenvalue weighted by atomic mass is 9.74. The van der Waals surface area contributed by atoms with Gasteiger partial charge >= 0.3 is 0 Å². The van der Waals surface area contributed by atoms with Gasteiger partial charge in [-0.3, -0.25) is 0 Å². The van der Waals surface area contributed by atoms with E-state index in [9.17, 15) is 4.39 Å². The van der Waals surface area contributed by atoms with E-state index in [0.717, 1.165) is 5.56 Å². The molecule has 1 aromatic carbocycles. The fourth-order valence-electron chi connectivity index (χ4n) is 1.77. The lowest BCUT2D eigenvalue weighted by molar-refractivity contribution is 0.140. The highest BCUT2D eigenvalue weighted by Crippen LogP contribution is 2.38. The Bertz CT molecular complexity index is 290. The molecule has 1 aromatic rings. The third-order valence-electron chi connectivity index (χ3n) is 2.60. The molecule has 2 N–H and O–H groups in total. The maximum atomic E-state index is 13.1. The third kappa shape index (κ3) is 1.56. The second kappa shape index (κ2) is 3.28. The van der Waals surface area contributed by atoms with Crippen LogP contribution in [0.3, 0.4) is 0 Å². The quantitative estimate of drug-likeness (QED) is 0.739. The van der Waals surface area contributed by atoms with Crippen molar-refractivity contribution in [1.82, 2.24) is 0 Å². The van der Waals surface area contributed by atoms with E-state index in [4.69, 9.17) is 17.3 Å². The molecule has 1 fully saturated rings. The summed E-state index contributed by atoms with van der Waals surface area (Å²) in [5, 5.41) is 0.673. The molecule has 1 aliphatic rings. The van der Waals surface area contributed by atoms with Crippen molar-refractivity contribution in [2.45, 2.75) is 24.6 Å². The van der Waals surface area contributed by atoms with Crippen molar-refractivity contribution < 1.29 is 4.39 Å². The van der Waals surface area contributed by atoms with Gasteiger partial charge in [0.1, 0.15) is 6.17 Å². The van der Waals surface area contributed by atoms with Crippen molar-refractivity contribution in [2.24, 2.45) is 5.73 Å². The minimum absolute atomic E-state index is 0.0313. The number of benzene rings is 1. The van der Waals surface area contributed by atoms with Gasteiger partial charge in [-0.1, -0.05) is 23.7 Å². The van der Waals surface area contributed by atoms with Crippen LogP contribution in [0.4, 0.5) is 4.39 Å². The second-order valence-corrected chi connectivity index (χ2v) is 3.93. The first kappa shape index (κ1) is 8.97. The first-order valence-electron chi connectivity index (χ1n) is 4.33. The molecule has 1 nitrogen and oxygen atoms in total. The minimum Gasteiger partial charge on any atom is -0.327 e. The van der Waals surface area contributed by atoms with Gasteiger partial charge in [0.15, 0.2) is 0 Å². The van der Waals surface area contributed by atoms with E-state index >= 15 is 0 Å². The van der Waals surface area contributed by atoms with E-state index < -0.39 is 6.17 Å². The Kier molecular flexibility index (Phi) is 2.26. The predicted octanol–water partition coefficient (Wildman–Crippen LogP) is 2.49. The third-order valence-corrected chi connectivity index (χ3v) is 2.86. The van der Waals surface area contributed by atoms with Crippen LogP contribution in [-0.2, 0) is 0 Å². The fourth-order valence-corrected chi connectivity index (χ4v) is 1.89. The van der Waals surface area contributed by atoms with Crippen LogP contribution in [-0.4, -0.2) is 12.2 Å². The van der Waals surface area contributed by atoms with Gasteiger partial charge in [-0.25, -0.2) is 4.39 Å². The summed E-state index contributed by atoms with van der Waals surface area (Å²) in [5.41, 5.74) is 6.66. The van der Waals surface area contributed by atoms with Gasteiger partial charge in [-0.2, -0.15) is 0 Å². The molecule has 13 heavy (non-hydrogen) atoms. The summed E-state index contributed by atoms with van der Waals surface area (Å²) in [7, 11) is 0. The highest BCUT2D eigenvalue weighted by molar-refractivity contribution is 6.30. The standard InChI is InChI=1S/C10H11ClFN/c11-7-3-1-6(2-4-7)10-8(12)5-9(10)13/h1-4,8-10H,5,13H2/t8-,9+,10-/m0/s1. The SMILES string of the molecule is N[C@@H]1C[C@H](F)[C@@H]1c1ccc(Cl)cc1. The highest BCUT2D eigenvalue weighted by atomic mass is 35.5. The van der Waals surface area contributed by atoms with Crippen molar-refractivity contribution in [1.29, 1.82) is 0 Å². The van der Waals surface area contributed by atoms with Crippen LogP contribution >= 0.6 is 11.6 Å². The Morgan fingerprint density at radius 3 is 2.38 bits per heavy atom. The first-order valence-corrected chi connectivity index (χ1v) is 4.71. The normalized spacial score (nSPS) is 32.7. The van der Waals surface area contributed by atoms with Crippen LogP contribution in [0.15, 0.2) is 24.3 Å². The summed E-state index contributed by atoms with van der Waals surface area (Å²) < 4.78 is 13.1.